The lowest BCUT2D eigenvalue weighted by Gasteiger charge is -2.05. The Morgan fingerprint density at radius 2 is 1.91 bits per heavy atom. The summed E-state index contributed by atoms with van der Waals surface area (Å²) in [5, 5.41) is 12.3. The SMILES string of the molecule is Cc1cc(Cl)nc(N/C=C(\C#N)S(=O)(=O)c2ccc(Cl)cc2)n1. The number of nitriles is 1. The second-order valence-electron chi connectivity index (χ2n) is 4.38. The molecule has 0 unspecified atom stereocenters. The lowest BCUT2D eigenvalue weighted by molar-refractivity contribution is 0.603. The Morgan fingerprint density at radius 3 is 2.48 bits per heavy atom. The van der Waals surface area contributed by atoms with Crippen molar-refractivity contribution in [2.75, 3.05) is 5.32 Å². The number of sulfone groups is 1. The summed E-state index contributed by atoms with van der Waals surface area (Å²) in [4.78, 5) is 7.39. The number of nitrogens with zero attached hydrogens (tertiary/aromatic N) is 3. The normalized spacial score (nSPS) is 11.8. The van der Waals surface area contributed by atoms with Crippen LogP contribution in [0.25, 0.3) is 0 Å². The van der Waals surface area contributed by atoms with E-state index in [-0.39, 0.29) is 16.0 Å². The third-order valence-electron chi connectivity index (χ3n) is 2.68. The van der Waals surface area contributed by atoms with Crippen molar-refractivity contribution in [3.05, 3.63) is 57.3 Å². The second kappa shape index (κ2) is 6.96. The number of aryl methyl sites for hydroxylation is 1. The number of anilines is 1. The zero-order valence-electron chi connectivity index (χ0n) is 11.8. The maximum atomic E-state index is 12.4. The fourth-order valence-electron chi connectivity index (χ4n) is 1.64. The Balaban J connectivity index is 2.35. The van der Waals surface area contributed by atoms with E-state index in [0.29, 0.717) is 10.7 Å². The van der Waals surface area contributed by atoms with E-state index in [9.17, 15) is 8.42 Å². The van der Waals surface area contributed by atoms with Gasteiger partial charge in [0.25, 0.3) is 0 Å². The first kappa shape index (κ1) is 17.2. The molecule has 6 nitrogen and oxygen atoms in total. The molecule has 2 rings (SSSR count). The Bertz CT molecular complexity index is 883. The van der Waals surface area contributed by atoms with Crippen LogP contribution in [0, 0.1) is 18.3 Å². The topological polar surface area (TPSA) is 95.7 Å². The van der Waals surface area contributed by atoms with Crippen LogP contribution in [0.5, 0.6) is 0 Å². The van der Waals surface area contributed by atoms with E-state index in [0.717, 1.165) is 6.20 Å². The third-order valence-corrected chi connectivity index (χ3v) is 4.81. The summed E-state index contributed by atoms with van der Waals surface area (Å²) in [6, 6.07) is 8.70. The second-order valence-corrected chi connectivity index (χ2v) is 7.12. The summed E-state index contributed by atoms with van der Waals surface area (Å²) in [7, 11) is -3.97. The van der Waals surface area contributed by atoms with Crippen molar-refractivity contribution in [2.45, 2.75) is 11.8 Å². The highest BCUT2D eigenvalue weighted by Crippen LogP contribution is 2.21. The van der Waals surface area contributed by atoms with Crippen LogP contribution in [0.4, 0.5) is 5.95 Å². The molecule has 23 heavy (non-hydrogen) atoms. The molecule has 1 N–H and O–H groups in total. The number of benzene rings is 1. The molecule has 0 bridgehead atoms. The fraction of sp³-hybridized carbons (Fsp3) is 0.0714. The molecule has 1 aromatic carbocycles. The molecule has 0 saturated heterocycles. The molecule has 0 atom stereocenters. The summed E-state index contributed by atoms with van der Waals surface area (Å²) in [5.74, 6) is 0.0917. The highest BCUT2D eigenvalue weighted by Gasteiger charge is 2.20. The maximum Gasteiger partial charge on any atom is 0.228 e. The quantitative estimate of drug-likeness (QED) is 0.656. The molecule has 1 aromatic heterocycles. The van der Waals surface area contributed by atoms with Gasteiger partial charge in [0.05, 0.1) is 4.90 Å². The van der Waals surface area contributed by atoms with Gasteiger partial charge in [0.15, 0.2) is 4.91 Å². The Labute approximate surface area is 143 Å². The molecule has 9 heteroatoms. The van der Waals surface area contributed by atoms with Gasteiger partial charge < -0.3 is 5.32 Å². The zero-order valence-corrected chi connectivity index (χ0v) is 14.1. The van der Waals surface area contributed by atoms with Gasteiger partial charge in [-0.05, 0) is 37.3 Å². The van der Waals surface area contributed by atoms with Crippen molar-refractivity contribution in [2.24, 2.45) is 0 Å². The van der Waals surface area contributed by atoms with Crippen LogP contribution >= 0.6 is 23.2 Å². The first-order chi connectivity index (χ1) is 10.8. The predicted molar refractivity (Wildman–Crippen MR) is 87.7 cm³/mol. The van der Waals surface area contributed by atoms with Crippen LogP contribution in [-0.2, 0) is 9.84 Å². The molecule has 1 heterocycles. The average molecular weight is 369 g/mol. The first-order valence-corrected chi connectivity index (χ1v) is 8.45. The Kier molecular flexibility index (Phi) is 5.21. The molecular weight excluding hydrogens is 359 g/mol. The Morgan fingerprint density at radius 1 is 1.26 bits per heavy atom. The highest BCUT2D eigenvalue weighted by molar-refractivity contribution is 7.95. The van der Waals surface area contributed by atoms with E-state index in [1.165, 1.54) is 24.3 Å². The molecule has 0 saturated carbocycles. The number of rotatable bonds is 4. The predicted octanol–water partition coefficient (Wildman–Crippen LogP) is 3.34. The van der Waals surface area contributed by atoms with Crippen LogP contribution in [0.3, 0.4) is 0 Å². The standard InChI is InChI=1S/C14H10Cl2N4O2S/c1-9-6-13(16)20-14(19-9)18-8-12(7-17)23(21,22)11-4-2-10(15)3-5-11/h2-6,8H,1H3,(H,18,19,20)/b12-8+. The van der Waals surface area contributed by atoms with E-state index < -0.39 is 14.7 Å². The van der Waals surface area contributed by atoms with E-state index in [1.807, 2.05) is 0 Å². The molecular formula is C14H10Cl2N4O2S. The molecule has 0 amide bonds. The van der Waals surface area contributed by atoms with Crippen LogP contribution in [-0.4, -0.2) is 18.4 Å². The van der Waals surface area contributed by atoms with E-state index >= 15 is 0 Å². The highest BCUT2D eigenvalue weighted by atomic mass is 35.5. The van der Waals surface area contributed by atoms with Gasteiger partial charge in [-0.25, -0.2) is 18.4 Å². The van der Waals surface area contributed by atoms with Crippen molar-refractivity contribution in [3.8, 4) is 6.07 Å². The molecule has 2 aromatic rings. The third kappa shape index (κ3) is 4.20. The minimum absolute atomic E-state index is 0.0420. The van der Waals surface area contributed by atoms with E-state index in [1.54, 1.807) is 19.1 Å². The van der Waals surface area contributed by atoms with Crippen LogP contribution in [0.2, 0.25) is 10.2 Å². The van der Waals surface area contributed by atoms with Crippen LogP contribution in [0.1, 0.15) is 5.69 Å². The summed E-state index contributed by atoms with van der Waals surface area (Å²) >= 11 is 11.5. The molecule has 0 aliphatic heterocycles. The summed E-state index contributed by atoms with van der Waals surface area (Å²) < 4.78 is 24.8. The largest absolute Gasteiger partial charge is 0.329 e. The number of hydrogen-bond acceptors (Lipinski definition) is 6. The number of nitrogens with one attached hydrogen (secondary N) is 1. The molecule has 118 valence electrons. The minimum atomic E-state index is -3.97. The van der Waals surface area contributed by atoms with E-state index in [4.69, 9.17) is 28.5 Å². The molecule has 0 radical (unpaired) electrons. The van der Waals surface area contributed by atoms with Gasteiger partial charge in [0, 0.05) is 16.9 Å². The summed E-state index contributed by atoms with van der Waals surface area (Å²) in [6.45, 7) is 1.71. The molecule has 0 aliphatic rings. The Hall–Kier alpha value is -2.14. The van der Waals surface area contributed by atoms with Gasteiger partial charge in [-0.2, -0.15) is 5.26 Å². The smallest absolute Gasteiger partial charge is 0.228 e. The van der Waals surface area contributed by atoms with Crippen molar-refractivity contribution in [3.63, 3.8) is 0 Å². The number of halogens is 2. The number of hydrogen-bond donors (Lipinski definition) is 1. The molecule has 0 fully saturated rings. The van der Waals surface area contributed by atoms with Gasteiger partial charge in [0.1, 0.15) is 11.2 Å². The zero-order chi connectivity index (χ0) is 17.0. The van der Waals surface area contributed by atoms with Crippen molar-refractivity contribution >= 4 is 39.0 Å². The number of allylic oxidation sites excluding steroid dienone is 1. The van der Waals surface area contributed by atoms with E-state index in [2.05, 4.69) is 15.3 Å². The van der Waals surface area contributed by atoms with Gasteiger partial charge >= 0.3 is 0 Å². The molecule has 0 spiro atoms. The fourth-order valence-corrected chi connectivity index (χ4v) is 3.08. The lowest BCUT2D eigenvalue weighted by atomic mass is 10.4. The molecule has 0 aliphatic carbocycles. The summed E-state index contributed by atoms with van der Waals surface area (Å²) in [5.41, 5.74) is 0.597. The van der Waals surface area contributed by atoms with Gasteiger partial charge in [-0.1, -0.05) is 23.2 Å². The van der Waals surface area contributed by atoms with Gasteiger partial charge in [-0.3, -0.25) is 0 Å². The average Bonchev–Trinajstić information content (AvgIpc) is 2.47. The monoisotopic (exact) mass is 368 g/mol. The lowest BCUT2D eigenvalue weighted by Crippen LogP contribution is -2.06. The number of aromatic nitrogens is 2. The van der Waals surface area contributed by atoms with Crippen LogP contribution < -0.4 is 5.32 Å². The first-order valence-electron chi connectivity index (χ1n) is 6.21. The van der Waals surface area contributed by atoms with Gasteiger partial charge in [-0.15, -0.1) is 0 Å². The van der Waals surface area contributed by atoms with Crippen molar-refractivity contribution in [1.29, 1.82) is 5.26 Å². The van der Waals surface area contributed by atoms with Gasteiger partial charge in [0.2, 0.25) is 15.8 Å². The maximum absolute atomic E-state index is 12.4. The minimum Gasteiger partial charge on any atom is -0.329 e. The van der Waals surface area contributed by atoms with Crippen molar-refractivity contribution < 1.29 is 8.42 Å². The van der Waals surface area contributed by atoms with Crippen LogP contribution in [0.15, 0.2) is 46.3 Å². The van der Waals surface area contributed by atoms with Crippen molar-refractivity contribution in [1.82, 2.24) is 9.97 Å². The summed E-state index contributed by atoms with van der Waals surface area (Å²) in [6.07, 6.45) is 1.02.